The summed E-state index contributed by atoms with van der Waals surface area (Å²) in [5.74, 6) is 0.893. The molecule has 0 spiro atoms. The van der Waals surface area contributed by atoms with Gasteiger partial charge in [-0.3, -0.25) is 14.0 Å². The molecule has 0 radical (unpaired) electrons. The second-order valence-corrected chi connectivity index (χ2v) is 8.29. The highest BCUT2D eigenvalue weighted by Gasteiger charge is 2.19. The van der Waals surface area contributed by atoms with E-state index in [0.717, 1.165) is 11.3 Å². The van der Waals surface area contributed by atoms with Gasteiger partial charge in [0.05, 0.1) is 24.9 Å². The number of aryl methyl sites for hydroxylation is 2. The largest absolute Gasteiger partial charge is 0.386 e. The van der Waals surface area contributed by atoms with Crippen LogP contribution >= 0.6 is 0 Å². The molecular weight excluding hydrogens is 438 g/mol. The summed E-state index contributed by atoms with van der Waals surface area (Å²) < 4.78 is 10.4. The zero-order valence-corrected chi connectivity index (χ0v) is 19.3. The first-order valence-corrected chi connectivity index (χ1v) is 10.8. The Morgan fingerprint density at radius 1 is 1.21 bits per heavy atom. The monoisotopic (exact) mass is 463 g/mol. The van der Waals surface area contributed by atoms with Crippen LogP contribution in [0.2, 0.25) is 0 Å². The van der Waals surface area contributed by atoms with Gasteiger partial charge in [-0.15, -0.1) is 0 Å². The van der Waals surface area contributed by atoms with Crippen LogP contribution in [0.5, 0.6) is 0 Å². The Bertz CT molecular complexity index is 1450. The quantitative estimate of drug-likeness (QED) is 0.410. The van der Waals surface area contributed by atoms with Crippen molar-refractivity contribution in [1.82, 2.24) is 34.2 Å². The van der Waals surface area contributed by atoms with Crippen LogP contribution in [-0.4, -0.2) is 54.6 Å². The van der Waals surface area contributed by atoms with E-state index in [-0.39, 0.29) is 30.8 Å². The lowest BCUT2D eigenvalue weighted by Crippen LogP contribution is -2.38. The van der Waals surface area contributed by atoms with Crippen molar-refractivity contribution in [1.29, 1.82) is 0 Å². The predicted octanol–water partition coefficient (Wildman–Crippen LogP) is 1.89. The highest BCUT2D eigenvalue weighted by atomic mass is 16.5. The molecule has 5 rings (SSSR count). The fourth-order valence-corrected chi connectivity index (χ4v) is 3.84. The molecule has 4 bridgehead atoms. The van der Waals surface area contributed by atoms with Crippen molar-refractivity contribution in [2.24, 2.45) is 7.05 Å². The number of aromatic nitrogens is 6. The summed E-state index contributed by atoms with van der Waals surface area (Å²) >= 11 is 0. The Labute approximate surface area is 194 Å². The maximum absolute atomic E-state index is 13.4. The molecule has 1 aliphatic rings. The molecule has 4 aromatic heterocycles. The second-order valence-electron chi connectivity index (χ2n) is 8.29. The topological polar surface area (TPSA) is 133 Å². The van der Waals surface area contributed by atoms with Crippen molar-refractivity contribution < 1.29 is 9.53 Å². The van der Waals surface area contributed by atoms with E-state index in [1.807, 2.05) is 27.0 Å². The van der Waals surface area contributed by atoms with Gasteiger partial charge >= 0.3 is 6.03 Å². The summed E-state index contributed by atoms with van der Waals surface area (Å²) in [6.07, 6.45) is 3.14. The molecule has 0 saturated carbocycles. The fraction of sp³-hybridized carbons (Fsp3) is 0.318. The molecule has 12 heteroatoms. The number of carbonyl (C=O) groups excluding carboxylic acids is 1. The van der Waals surface area contributed by atoms with E-state index in [4.69, 9.17) is 4.74 Å². The molecular formula is C22H25N9O3. The molecule has 34 heavy (non-hydrogen) atoms. The van der Waals surface area contributed by atoms with Crippen LogP contribution in [0.4, 0.5) is 22.0 Å². The molecule has 5 heterocycles. The van der Waals surface area contributed by atoms with Gasteiger partial charge in [0, 0.05) is 38.1 Å². The normalized spacial score (nSPS) is 16.2. The summed E-state index contributed by atoms with van der Waals surface area (Å²) in [5.41, 5.74) is 3.26. The third kappa shape index (κ3) is 3.77. The second kappa shape index (κ2) is 8.30. The molecule has 1 aliphatic heterocycles. The Hall–Kier alpha value is -4.19. The van der Waals surface area contributed by atoms with E-state index < -0.39 is 0 Å². The molecule has 0 aromatic carbocycles. The van der Waals surface area contributed by atoms with Crippen molar-refractivity contribution in [2.75, 3.05) is 24.3 Å². The van der Waals surface area contributed by atoms with Crippen molar-refractivity contribution in [3.05, 3.63) is 52.3 Å². The molecule has 0 unspecified atom stereocenters. The van der Waals surface area contributed by atoms with Crippen LogP contribution in [0.3, 0.4) is 0 Å². The molecule has 3 N–H and O–H groups in total. The van der Waals surface area contributed by atoms with Gasteiger partial charge in [-0.25, -0.2) is 19.3 Å². The minimum Gasteiger partial charge on any atom is -0.386 e. The highest BCUT2D eigenvalue weighted by molar-refractivity contribution is 5.94. The average molecular weight is 464 g/mol. The van der Waals surface area contributed by atoms with Crippen LogP contribution in [0.25, 0.3) is 17.0 Å². The minimum absolute atomic E-state index is 0.242. The number of hydrogen-bond acceptors (Lipinski definition) is 8. The lowest BCUT2D eigenvalue weighted by atomic mass is 10.2. The van der Waals surface area contributed by atoms with Crippen LogP contribution < -0.4 is 21.5 Å². The molecule has 0 fully saturated rings. The highest BCUT2D eigenvalue weighted by Crippen LogP contribution is 2.26. The van der Waals surface area contributed by atoms with Crippen molar-refractivity contribution >= 4 is 34.4 Å². The smallest absolute Gasteiger partial charge is 0.328 e. The summed E-state index contributed by atoms with van der Waals surface area (Å²) in [6.45, 7) is 4.30. The zero-order valence-electron chi connectivity index (χ0n) is 19.3. The van der Waals surface area contributed by atoms with E-state index in [1.54, 1.807) is 30.1 Å². The van der Waals surface area contributed by atoms with Gasteiger partial charge in [0.2, 0.25) is 0 Å². The summed E-state index contributed by atoms with van der Waals surface area (Å²) in [4.78, 5) is 35.2. The Balaban J connectivity index is 1.70. The van der Waals surface area contributed by atoms with E-state index in [2.05, 4.69) is 31.0 Å². The number of hydrogen-bond donors (Lipinski definition) is 3. The van der Waals surface area contributed by atoms with E-state index in [0.29, 0.717) is 34.2 Å². The average Bonchev–Trinajstić information content (AvgIpc) is 3.37. The van der Waals surface area contributed by atoms with Crippen LogP contribution in [-0.2, 0) is 18.4 Å². The lowest BCUT2D eigenvalue weighted by Gasteiger charge is -2.17. The van der Waals surface area contributed by atoms with Gasteiger partial charge in [0.1, 0.15) is 23.3 Å². The number of ether oxygens (including phenoxy) is 1. The van der Waals surface area contributed by atoms with Crippen molar-refractivity contribution in [3.8, 4) is 5.82 Å². The fourth-order valence-electron chi connectivity index (χ4n) is 3.84. The Kier molecular flexibility index (Phi) is 5.28. The number of nitrogens with zero attached hydrogens (tertiary/aromatic N) is 6. The van der Waals surface area contributed by atoms with Gasteiger partial charge < -0.3 is 20.7 Å². The van der Waals surface area contributed by atoms with Crippen LogP contribution in [0, 0.1) is 6.92 Å². The van der Waals surface area contributed by atoms with Crippen LogP contribution in [0.1, 0.15) is 18.2 Å². The number of nitrogens with one attached hydrogen (secondary N) is 3. The molecule has 176 valence electrons. The van der Waals surface area contributed by atoms with E-state index >= 15 is 0 Å². The first-order chi connectivity index (χ1) is 16.3. The summed E-state index contributed by atoms with van der Waals surface area (Å²) in [6, 6.07) is 4.69. The number of imidazole rings is 1. The maximum Gasteiger partial charge on any atom is 0.328 e. The number of amides is 1. The zero-order chi connectivity index (χ0) is 24.0. The molecule has 12 nitrogen and oxygen atoms in total. The molecule has 0 saturated heterocycles. The number of carbonyl (C=O) groups is 1. The number of rotatable bonds is 2. The number of anilines is 3. The first-order valence-electron chi connectivity index (χ1n) is 10.8. The molecule has 1 amide bonds. The van der Waals surface area contributed by atoms with Gasteiger partial charge in [-0.05, 0) is 25.5 Å². The maximum atomic E-state index is 13.4. The number of fused-ring (bicyclic) bond motifs is 3. The van der Waals surface area contributed by atoms with Crippen LogP contribution in [0.15, 0.2) is 35.5 Å². The Morgan fingerprint density at radius 2 is 2.03 bits per heavy atom. The molecule has 1 atom stereocenters. The van der Waals surface area contributed by atoms with Crippen molar-refractivity contribution in [3.63, 3.8) is 0 Å². The van der Waals surface area contributed by atoms with Gasteiger partial charge in [0.15, 0.2) is 11.5 Å². The predicted molar refractivity (Wildman–Crippen MR) is 127 cm³/mol. The third-order valence-corrected chi connectivity index (χ3v) is 5.68. The van der Waals surface area contributed by atoms with Gasteiger partial charge in [-0.2, -0.15) is 5.10 Å². The lowest BCUT2D eigenvalue weighted by molar-refractivity contribution is 0.104. The standard InChI is InChI=1S/C22H25N9O3/c1-12-9-34-10-14-6-16(21(32)30(8-14)18-5-13(2)29(4)28-18)26-17-7-15(23-3)19-20(27-17)31(11-24-19)22(33)25-12/h5-8,11-12H,9-10H2,1-4H3,(H,25,33)(H2,23,26,27)/t12-/m1/s1. The van der Waals surface area contributed by atoms with Crippen molar-refractivity contribution in [2.45, 2.75) is 26.5 Å². The third-order valence-electron chi connectivity index (χ3n) is 5.68. The SMILES string of the molecule is CNc1cc2nc3c1ncn3C(=O)N[C@H](C)COCc1cc(c(=O)n(-c3cc(C)n(C)n3)c1)N2. The first kappa shape index (κ1) is 21.6. The van der Waals surface area contributed by atoms with Gasteiger partial charge in [0.25, 0.3) is 5.56 Å². The molecule has 4 aromatic rings. The summed E-state index contributed by atoms with van der Waals surface area (Å²) in [7, 11) is 3.58. The van der Waals surface area contributed by atoms with E-state index in [1.165, 1.54) is 15.5 Å². The molecule has 0 aliphatic carbocycles. The minimum atomic E-state index is -0.367. The number of pyridine rings is 2. The van der Waals surface area contributed by atoms with E-state index in [9.17, 15) is 9.59 Å². The van der Waals surface area contributed by atoms with Gasteiger partial charge in [-0.1, -0.05) is 0 Å². The summed E-state index contributed by atoms with van der Waals surface area (Å²) in [5, 5.41) is 13.6. The Morgan fingerprint density at radius 3 is 2.76 bits per heavy atom.